The van der Waals surface area contributed by atoms with Crippen molar-refractivity contribution < 1.29 is 19.4 Å². The largest absolute Gasteiger partial charge is 0.508 e. The first kappa shape index (κ1) is 21.0. The maximum Gasteiger partial charge on any atom is 0.276 e. The summed E-state index contributed by atoms with van der Waals surface area (Å²) in [5.74, 6) is -0.311. The summed E-state index contributed by atoms with van der Waals surface area (Å²) in [5, 5.41) is 14.6. The standard InChI is InChI=1S/C22H17BrClN3O4/c23-14-3-10-19-18(11-14)22(30)27(21(25-19)13-1-6-16(28)7-2-13)26-20(29)12-31-17-8-4-15(24)5-9-17/h1-11,21,25,28H,12H2,(H,26,29). The van der Waals surface area contributed by atoms with Gasteiger partial charge >= 0.3 is 0 Å². The van der Waals surface area contributed by atoms with Crippen molar-refractivity contribution in [2.45, 2.75) is 6.17 Å². The fourth-order valence-corrected chi connectivity index (χ4v) is 3.62. The number of rotatable bonds is 5. The number of ether oxygens (including phenoxy) is 1. The molecule has 9 heteroatoms. The van der Waals surface area contributed by atoms with Gasteiger partial charge in [-0.25, -0.2) is 5.01 Å². The van der Waals surface area contributed by atoms with Crippen molar-refractivity contribution in [1.29, 1.82) is 0 Å². The van der Waals surface area contributed by atoms with Crippen LogP contribution in [0.25, 0.3) is 0 Å². The molecule has 1 aliphatic rings. The summed E-state index contributed by atoms with van der Waals surface area (Å²) < 4.78 is 6.21. The van der Waals surface area contributed by atoms with E-state index in [4.69, 9.17) is 16.3 Å². The van der Waals surface area contributed by atoms with Gasteiger partial charge in [0.05, 0.1) is 5.56 Å². The lowest BCUT2D eigenvalue weighted by molar-refractivity contribution is -0.127. The Bertz CT molecular complexity index is 1120. The first-order valence-corrected chi connectivity index (χ1v) is 10.4. The summed E-state index contributed by atoms with van der Waals surface area (Å²) >= 11 is 9.22. The number of hydrogen-bond donors (Lipinski definition) is 3. The molecule has 0 aliphatic carbocycles. The minimum atomic E-state index is -0.679. The molecule has 31 heavy (non-hydrogen) atoms. The van der Waals surface area contributed by atoms with Crippen molar-refractivity contribution in [2.24, 2.45) is 0 Å². The predicted octanol–water partition coefficient (Wildman–Crippen LogP) is 4.48. The molecule has 7 nitrogen and oxygen atoms in total. The summed E-state index contributed by atoms with van der Waals surface area (Å²) in [7, 11) is 0. The highest BCUT2D eigenvalue weighted by Crippen LogP contribution is 2.34. The smallest absolute Gasteiger partial charge is 0.276 e. The van der Waals surface area contributed by atoms with Crippen LogP contribution in [0.15, 0.2) is 71.2 Å². The van der Waals surface area contributed by atoms with Crippen LogP contribution in [0.1, 0.15) is 22.1 Å². The van der Waals surface area contributed by atoms with E-state index in [9.17, 15) is 14.7 Å². The van der Waals surface area contributed by atoms with Crippen LogP contribution in [-0.4, -0.2) is 28.5 Å². The van der Waals surface area contributed by atoms with E-state index >= 15 is 0 Å². The molecule has 0 radical (unpaired) electrons. The van der Waals surface area contributed by atoms with Crippen LogP contribution in [0.2, 0.25) is 5.02 Å². The van der Waals surface area contributed by atoms with Gasteiger partial charge in [-0.05, 0) is 60.2 Å². The molecule has 0 fully saturated rings. The Morgan fingerprint density at radius 2 is 1.84 bits per heavy atom. The van der Waals surface area contributed by atoms with Crippen molar-refractivity contribution in [3.63, 3.8) is 0 Å². The maximum atomic E-state index is 13.2. The normalized spacial score (nSPS) is 15.1. The molecule has 4 rings (SSSR count). The number of hydrogen-bond acceptors (Lipinski definition) is 5. The fourth-order valence-electron chi connectivity index (χ4n) is 3.13. The Labute approximate surface area is 191 Å². The Morgan fingerprint density at radius 1 is 1.13 bits per heavy atom. The van der Waals surface area contributed by atoms with Crippen molar-refractivity contribution in [1.82, 2.24) is 10.4 Å². The quantitative estimate of drug-likeness (QED) is 0.478. The average molecular weight is 503 g/mol. The van der Waals surface area contributed by atoms with Crippen molar-refractivity contribution >= 4 is 45.0 Å². The van der Waals surface area contributed by atoms with Gasteiger partial charge in [-0.2, -0.15) is 0 Å². The molecule has 0 spiro atoms. The number of aromatic hydroxyl groups is 1. The second-order valence-corrected chi connectivity index (χ2v) is 8.13. The minimum absolute atomic E-state index is 0.0992. The Kier molecular flexibility index (Phi) is 6.01. The fraction of sp³-hybridized carbons (Fsp3) is 0.0909. The van der Waals surface area contributed by atoms with Gasteiger partial charge in [-0.15, -0.1) is 0 Å². The molecule has 2 amide bonds. The number of benzene rings is 3. The molecule has 1 atom stereocenters. The van der Waals surface area contributed by atoms with E-state index in [1.54, 1.807) is 48.5 Å². The van der Waals surface area contributed by atoms with Gasteiger partial charge in [0, 0.05) is 15.2 Å². The number of anilines is 1. The molecule has 3 aromatic carbocycles. The summed E-state index contributed by atoms with van der Waals surface area (Å²) in [6.45, 7) is -0.293. The molecule has 1 aliphatic heterocycles. The number of halogens is 2. The molecule has 0 aromatic heterocycles. The predicted molar refractivity (Wildman–Crippen MR) is 120 cm³/mol. The third-order valence-corrected chi connectivity index (χ3v) is 5.36. The summed E-state index contributed by atoms with van der Waals surface area (Å²) in [4.78, 5) is 25.8. The Morgan fingerprint density at radius 3 is 2.55 bits per heavy atom. The topological polar surface area (TPSA) is 90.9 Å². The number of hydrazine groups is 1. The number of carbonyl (C=O) groups is 2. The number of carbonyl (C=O) groups excluding carboxylic acids is 2. The van der Waals surface area contributed by atoms with Crippen molar-refractivity contribution in [3.05, 3.63) is 87.4 Å². The first-order valence-electron chi connectivity index (χ1n) is 9.27. The van der Waals surface area contributed by atoms with E-state index in [1.807, 2.05) is 6.07 Å². The van der Waals surface area contributed by atoms with Crippen LogP contribution in [0.3, 0.4) is 0 Å². The highest BCUT2D eigenvalue weighted by Gasteiger charge is 2.34. The van der Waals surface area contributed by atoms with E-state index in [0.29, 0.717) is 27.6 Å². The van der Waals surface area contributed by atoms with Gasteiger partial charge in [-0.1, -0.05) is 39.7 Å². The Hall–Kier alpha value is -3.23. The van der Waals surface area contributed by atoms with Crippen molar-refractivity contribution in [3.8, 4) is 11.5 Å². The number of nitrogens with one attached hydrogen (secondary N) is 2. The molecule has 1 heterocycles. The zero-order valence-corrected chi connectivity index (χ0v) is 18.4. The van der Waals surface area contributed by atoms with Gasteiger partial charge in [0.2, 0.25) is 0 Å². The highest BCUT2D eigenvalue weighted by molar-refractivity contribution is 9.10. The minimum Gasteiger partial charge on any atom is -0.508 e. The maximum absolute atomic E-state index is 13.2. The van der Waals surface area contributed by atoms with E-state index in [2.05, 4.69) is 26.7 Å². The summed E-state index contributed by atoms with van der Waals surface area (Å²) in [6.07, 6.45) is -0.679. The second kappa shape index (κ2) is 8.87. The molecule has 0 bridgehead atoms. The highest BCUT2D eigenvalue weighted by atomic mass is 79.9. The van der Waals surface area contributed by atoms with Crippen LogP contribution in [0.4, 0.5) is 5.69 Å². The monoisotopic (exact) mass is 501 g/mol. The number of amides is 2. The molecular weight excluding hydrogens is 486 g/mol. The number of phenols is 1. The van der Waals surface area contributed by atoms with Crippen LogP contribution in [-0.2, 0) is 4.79 Å². The second-order valence-electron chi connectivity index (χ2n) is 6.78. The van der Waals surface area contributed by atoms with Crippen LogP contribution < -0.4 is 15.5 Å². The molecule has 1 unspecified atom stereocenters. The third kappa shape index (κ3) is 4.76. The summed E-state index contributed by atoms with van der Waals surface area (Å²) in [5.41, 5.74) is 4.35. The molecule has 0 saturated carbocycles. The zero-order chi connectivity index (χ0) is 22.0. The van der Waals surface area contributed by atoms with Gasteiger partial charge in [0.25, 0.3) is 11.8 Å². The zero-order valence-electron chi connectivity index (χ0n) is 16.0. The number of nitrogens with zero attached hydrogens (tertiary/aromatic N) is 1. The average Bonchev–Trinajstić information content (AvgIpc) is 2.76. The lowest BCUT2D eigenvalue weighted by atomic mass is 10.0. The van der Waals surface area contributed by atoms with Gasteiger partial charge in [0.15, 0.2) is 6.61 Å². The number of phenolic OH excluding ortho intramolecular Hbond substituents is 1. The van der Waals surface area contributed by atoms with E-state index in [1.165, 1.54) is 17.1 Å². The third-order valence-electron chi connectivity index (χ3n) is 4.62. The van der Waals surface area contributed by atoms with E-state index in [0.717, 1.165) is 4.47 Å². The number of fused-ring (bicyclic) bond motifs is 1. The molecule has 3 N–H and O–H groups in total. The molecule has 0 saturated heterocycles. The van der Waals surface area contributed by atoms with E-state index < -0.39 is 12.1 Å². The van der Waals surface area contributed by atoms with Crippen molar-refractivity contribution in [2.75, 3.05) is 11.9 Å². The van der Waals surface area contributed by atoms with Gasteiger partial charge < -0.3 is 15.2 Å². The van der Waals surface area contributed by atoms with Crippen LogP contribution in [0.5, 0.6) is 11.5 Å². The molecule has 158 valence electrons. The van der Waals surface area contributed by atoms with Gasteiger partial charge in [-0.3, -0.25) is 15.0 Å². The SMILES string of the molecule is O=C(COc1ccc(Cl)cc1)NN1C(=O)c2cc(Br)ccc2NC1c1ccc(O)cc1. The Balaban J connectivity index is 1.56. The van der Waals surface area contributed by atoms with Crippen LogP contribution >= 0.6 is 27.5 Å². The first-order chi connectivity index (χ1) is 14.9. The van der Waals surface area contributed by atoms with Crippen LogP contribution in [0, 0.1) is 0 Å². The molecular formula is C22H17BrClN3O4. The van der Waals surface area contributed by atoms with Gasteiger partial charge in [0.1, 0.15) is 17.7 Å². The molecule has 3 aromatic rings. The lowest BCUT2D eigenvalue weighted by Gasteiger charge is -2.37. The summed E-state index contributed by atoms with van der Waals surface area (Å²) in [6, 6.07) is 18.3. The van der Waals surface area contributed by atoms with E-state index in [-0.39, 0.29) is 18.3 Å². The lowest BCUT2D eigenvalue weighted by Crippen LogP contribution is -2.53.